The lowest BCUT2D eigenvalue weighted by Gasteiger charge is -2.29. The van der Waals surface area contributed by atoms with Crippen LogP contribution < -0.4 is 10.2 Å². The molecule has 0 aromatic heterocycles. The summed E-state index contributed by atoms with van der Waals surface area (Å²) in [5.41, 5.74) is 1.29. The van der Waals surface area contributed by atoms with Crippen LogP contribution in [0.3, 0.4) is 0 Å². The zero-order valence-electron chi connectivity index (χ0n) is 13.3. The number of halogens is 2. The van der Waals surface area contributed by atoms with Gasteiger partial charge in [0.25, 0.3) is 11.8 Å². The summed E-state index contributed by atoms with van der Waals surface area (Å²) in [5, 5.41) is 3.19. The average Bonchev–Trinajstić information content (AvgIpc) is 2.57. The molecular weight excluding hydrogens is 391 g/mol. The van der Waals surface area contributed by atoms with Gasteiger partial charge in [0, 0.05) is 10.0 Å². The second-order valence-corrected chi connectivity index (χ2v) is 6.64. The monoisotopic (exact) mass is 402 g/mol. The molecule has 0 spiro atoms. The number of anilines is 1. The molecule has 1 fully saturated rings. The molecule has 0 atom stereocenters. The van der Waals surface area contributed by atoms with E-state index in [1.54, 1.807) is 30.4 Å². The van der Waals surface area contributed by atoms with Gasteiger partial charge in [-0.15, -0.1) is 0 Å². The third-order valence-corrected chi connectivity index (χ3v) is 4.28. The maximum Gasteiger partial charge on any atom is 0.270 e. The Morgan fingerprint density at radius 1 is 1.00 bits per heavy atom. The number of benzene rings is 2. The van der Waals surface area contributed by atoms with Crippen molar-refractivity contribution < 1.29 is 9.59 Å². The number of hydrogen-bond acceptors (Lipinski definition) is 3. The van der Waals surface area contributed by atoms with Crippen molar-refractivity contribution in [3.8, 4) is 0 Å². The van der Waals surface area contributed by atoms with Crippen LogP contribution in [0.15, 0.2) is 66.3 Å². The van der Waals surface area contributed by atoms with Gasteiger partial charge in [-0.05, 0) is 42.1 Å². The van der Waals surface area contributed by atoms with Gasteiger partial charge in [-0.2, -0.15) is 0 Å². The van der Waals surface area contributed by atoms with Gasteiger partial charge in [0.05, 0.1) is 5.69 Å². The number of nitrogens with one attached hydrogen (secondary N) is 1. The molecule has 2 aromatic carbocycles. The number of thiocarbonyl (C=S) groups is 1. The molecular formula is C19H12Cl2N2O2S. The van der Waals surface area contributed by atoms with Gasteiger partial charge in [-0.1, -0.05) is 65.7 Å². The van der Waals surface area contributed by atoms with Crippen molar-refractivity contribution in [1.29, 1.82) is 0 Å². The molecule has 0 bridgehead atoms. The first-order valence-electron chi connectivity index (χ1n) is 7.55. The summed E-state index contributed by atoms with van der Waals surface area (Å²) >= 11 is 17.1. The van der Waals surface area contributed by atoms with Gasteiger partial charge in [0.15, 0.2) is 5.11 Å². The number of carbonyl (C=O) groups excluding carboxylic acids is 2. The Kier molecular flexibility index (Phi) is 5.52. The molecule has 1 aliphatic rings. The van der Waals surface area contributed by atoms with Crippen molar-refractivity contribution in [1.82, 2.24) is 5.32 Å². The number of allylic oxidation sites excluding steroid dienone is 2. The first kappa shape index (κ1) is 18.3. The van der Waals surface area contributed by atoms with E-state index in [1.807, 2.05) is 30.3 Å². The van der Waals surface area contributed by atoms with E-state index in [-0.39, 0.29) is 10.7 Å². The van der Waals surface area contributed by atoms with Crippen LogP contribution in [0.4, 0.5) is 5.69 Å². The SMILES string of the molecule is O=C1NC(=S)N(c2cc(Cl)cc(Cl)c2)C(=O)/C1=C\C=C\c1ccccc1. The highest BCUT2D eigenvalue weighted by molar-refractivity contribution is 7.80. The molecule has 7 heteroatoms. The highest BCUT2D eigenvalue weighted by atomic mass is 35.5. The third-order valence-electron chi connectivity index (χ3n) is 3.56. The van der Waals surface area contributed by atoms with Crippen molar-refractivity contribution in [3.05, 3.63) is 81.9 Å². The number of carbonyl (C=O) groups is 2. The first-order chi connectivity index (χ1) is 12.5. The highest BCUT2D eigenvalue weighted by Gasteiger charge is 2.34. The Balaban J connectivity index is 1.93. The summed E-state index contributed by atoms with van der Waals surface area (Å²) in [7, 11) is 0. The van der Waals surface area contributed by atoms with Crippen molar-refractivity contribution in [2.45, 2.75) is 0 Å². The quantitative estimate of drug-likeness (QED) is 0.470. The molecule has 2 aromatic rings. The second-order valence-electron chi connectivity index (χ2n) is 5.38. The molecule has 1 saturated heterocycles. The molecule has 0 unspecified atom stereocenters. The van der Waals surface area contributed by atoms with Gasteiger partial charge < -0.3 is 0 Å². The number of hydrogen-bond donors (Lipinski definition) is 1. The fourth-order valence-electron chi connectivity index (χ4n) is 2.40. The molecule has 1 heterocycles. The minimum Gasteiger partial charge on any atom is -0.298 e. The summed E-state index contributed by atoms with van der Waals surface area (Å²) in [6, 6.07) is 14.2. The fraction of sp³-hybridized carbons (Fsp3) is 0. The van der Waals surface area contributed by atoms with Crippen LogP contribution >= 0.6 is 35.4 Å². The fourth-order valence-corrected chi connectivity index (χ4v) is 3.20. The number of amides is 2. The minimum atomic E-state index is -0.554. The van der Waals surface area contributed by atoms with Crippen molar-refractivity contribution in [2.75, 3.05) is 4.90 Å². The van der Waals surface area contributed by atoms with Crippen LogP contribution in [0.1, 0.15) is 5.56 Å². The van der Waals surface area contributed by atoms with E-state index in [4.69, 9.17) is 35.4 Å². The lowest BCUT2D eigenvalue weighted by atomic mass is 10.1. The van der Waals surface area contributed by atoms with E-state index in [0.29, 0.717) is 15.7 Å². The first-order valence-corrected chi connectivity index (χ1v) is 8.71. The van der Waals surface area contributed by atoms with Gasteiger partial charge in [0.2, 0.25) is 0 Å². The van der Waals surface area contributed by atoms with Crippen LogP contribution in [-0.4, -0.2) is 16.9 Å². The predicted molar refractivity (Wildman–Crippen MR) is 108 cm³/mol. The van der Waals surface area contributed by atoms with Crippen molar-refractivity contribution in [3.63, 3.8) is 0 Å². The molecule has 2 amide bonds. The van der Waals surface area contributed by atoms with Gasteiger partial charge in [-0.3, -0.25) is 19.8 Å². The molecule has 130 valence electrons. The summed E-state index contributed by atoms with van der Waals surface area (Å²) in [5.74, 6) is -1.10. The number of rotatable bonds is 3. The molecule has 0 aliphatic carbocycles. The third kappa shape index (κ3) is 4.02. The summed E-state index contributed by atoms with van der Waals surface area (Å²) in [4.78, 5) is 26.2. The molecule has 4 nitrogen and oxygen atoms in total. The van der Waals surface area contributed by atoms with E-state index < -0.39 is 11.8 Å². The van der Waals surface area contributed by atoms with Crippen LogP contribution in [0, 0.1) is 0 Å². The van der Waals surface area contributed by atoms with Crippen molar-refractivity contribution in [2.24, 2.45) is 0 Å². The number of nitrogens with zero attached hydrogens (tertiary/aromatic N) is 1. The van der Waals surface area contributed by atoms with Crippen LogP contribution in [0.2, 0.25) is 10.0 Å². The Labute approximate surface area is 165 Å². The maximum atomic E-state index is 12.8. The lowest BCUT2D eigenvalue weighted by Crippen LogP contribution is -2.54. The normalized spacial score (nSPS) is 16.5. The van der Waals surface area contributed by atoms with Gasteiger partial charge >= 0.3 is 0 Å². The lowest BCUT2D eigenvalue weighted by molar-refractivity contribution is -0.122. The van der Waals surface area contributed by atoms with Crippen LogP contribution in [0.25, 0.3) is 6.08 Å². The summed E-state index contributed by atoms with van der Waals surface area (Å²) in [6.07, 6.45) is 4.88. The van der Waals surface area contributed by atoms with Gasteiger partial charge in [-0.25, -0.2) is 0 Å². The average molecular weight is 403 g/mol. The summed E-state index contributed by atoms with van der Waals surface area (Å²) in [6.45, 7) is 0. The van der Waals surface area contributed by atoms with E-state index in [2.05, 4.69) is 5.32 Å². The Morgan fingerprint density at radius 3 is 2.31 bits per heavy atom. The second kappa shape index (κ2) is 7.83. The molecule has 26 heavy (non-hydrogen) atoms. The smallest absolute Gasteiger partial charge is 0.270 e. The molecule has 0 saturated carbocycles. The molecule has 0 radical (unpaired) electrons. The predicted octanol–water partition coefficient (Wildman–Crippen LogP) is 4.38. The molecule has 3 rings (SSSR count). The maximum absolute atomic E-state index is 12.8. The van der Waals surface area contributed by atoms with E-state index in [0.717, 1.165) is 5.56 Å². The zero-order valence-corrected chi connectivity index (χ0v) is 15.6. The molecule has 1 aliphatic heterocycles. The Morgan fingerprint density at radius 2 is 1.65 bits per heavy atom. The van der Waals surface area contributed by atoms with E-state index in [9.17, 15) is 9.59 Å². The topological polar surface area (TPSA) is 49.4 Å². The zero-order chi connectivity index (χ0) is 18.7. The minimum absolute atomic E-state index is 0.0254. The van der Waals surface area contributed by atoms with E-state index >= 15 is 0 Å². The Bertz CT molecular complexity index is 935. The van der Waals surface area contributed by atoms with E-state index in [1.165, 1.54) is 11.0 Å². The molecule has 1 N–H and O–H groups in total. The Hall–Kier alpha value is -2.47. The van der Waals surface area contributed by atoms with Crippen LogP contribution in [-0.2, 0) is 9.59 Å². The van der Waals surface area contributed by atoms with Crippen LogP contribution in [0.5, 0.6) is 0 Å². The van der Waals surface area contributed by atoms with Gasteiger partial charge in [0.1, 0.15) is 5.57 Å². The largest absolute Gasteiger partial charge is 0.298 e. The summed E-state index contributed by atoms with van der Waals surface area (Å²) < 4.78 is 0. The standard InChI is InChI=1S/C19H12Cl2N2O2S/c20-13-9-14(21)11-15(10-13)23-18(25)16(17(24)22-19(23)26)8-4-7-12-5-2-1-3-6-12/h1-11H,(H,22,24,26)/b7-4+,16-8-. The van der Waals surface area contributed by atoms with Crippen molar-refractivity contribution >= 4 is 64.1 Å². The highest BCUT2D eigenvalue weighted by Crippen LogP contribution is 2.28.